The third kappa shape index (κ3) is 4.82. The number of hydrogen-bond donors (Lipinski definition) is 3. The van der Waals surface area contributed by atoms with Crippen molar-refractivity contribution in [2.45, 2.75) is 44.2 Å². The number of primary sulfonamides is 1. The summed E-state index contributed by atoms with van der Waals surface area (Å²) in [6.45, 7) is 5.73. The van der Waals surface area contributed by atoms with Gasteiger partial charge in [-0.25, -0.2) is 18.4 Å². The molecule has 20 heavy (non-hydrogen) atoms. The zero-order valence-corrected chi connectivity index (χ0v) is 12.7. The van der Waals surface area contributed by atoms with Gasteiger partial charge >= 0.3 is 6.03 Å². The van der Waals surface area contributed by atoms with Crippen molar-refractivity contribution in [2.24, 2.45) is 5.14 Å². The van der Waals surface area contributed by atoms with Gasteiger partial charge in [-0.05, 0) is 38.0 Å². The molecule has 7 heteroatoms. The SMILES string of the molecule is CC[C@H](C)NC(=O)N[C@H](C)c1ccc(S(N)(=O)=O)cc1. The molecule has 0 aliphatic carbocycles. The second-order valence-electron chi connectivity index (χ2n) is 4.76. The molecule has 0 spiro atoms. The number of benzene rings is 1. The van der Waals surface area contributed by atoms with Crippen LogP contribution in [0, 0.1) is 0 Å². The van der Waals surface area contributed by atoms with Gasteiger partial charge < -0.3 is 10.6 Å². The van der Waals surface area contributed by atoms with E-state index in [2.05, 4.69) is 10.6 Å². The average Bonchev–Trinajstić information content (AvgIpc) is 2.37. The van der Waals surface area contributed by atoms with Gasteiger partial charge in [-0.15, -0.1) is 0 Å². The fourth-order valence-corrected chi connectivity index (χ4v) is 2.11. The molecule has 0 aromatic heterocycles. The summed E-state index contributed by atoms with van der Waals surface area (Å²) < 4.78 is 22.3. The number of amides is 2. The van der Waals surface area contributed by atoms with Gasteiger partial charge in [0.1, 0.15) is 0 Å². The fraction of sp³-hybridized carbons (Fsp3) is 0.462. The predicted molar refractivity (Wildman–Crippen MR) is 77.7 cm³/mol. The van der Waals surface area contributed by atoms with Crippen molar-refractivity contribution >= 4 is 16.1 Å². The number of rotatable bonds is 5. The van der Waals surface area contributed by atoms with Gasteiger partial charge in [-0.2, -0.15) is 0 Å². The molecule has 6 nitrogen and oxygen atoms in total. The summed E-state index contributed by atoms with van der Waals surface area (Å²) in [7, 11) is -3.69. The second-order valence-corrected chi connectivity index (χ2v) is 6.32. The van der Waals surface area contributed by atoms with Crippen LogP contribution in [-0.2, 0) is 10.0 Å². The molecule has 0 unspecified atom stereocenters. The first-order chi connectivity index (χ1) is 9.24. The van der Waals surface area contributed by atoms with Crippen molar-refractivity contribution in [2.75, 3.05) is 0 Å². The van der Waals surface area contributed by atoms with Gasteiger partial charge in [-0.3, -0.25) is 0 Å². The van der Waals surface area contributed by atoms with E-state index in [9.17, 15) is 13.2 Å². The zero-order valence-electron chi connectivity index (χ0n) is 11.9. The Morgan fingerprint density at radius 2 is 1.75 bits per heavy atom. The Morgan fingerprint density at radius 3 is 2.20 bits per heavy atom. The molecule has 0 radical (unpaired) electrons. The van der Waals surface area contributed by atoms with Crippen LogP contribution in [0.2, 0.25) is 0 Å². The monoisotopic (exact) mass is 299 g/mol. The Bertz CT molecular complexity index is 555. The molecule has 112 valence electrons. The molecular formula is C13H21N3O3S. The van der Waals surface area contributed by atoms with E-state index in [1.807, 2.05) is 20.8 Å². The summed E-state index contributed by atoms with van der Waals surface area (Å²) in [5, 5.41) is 10.6. The van der Waals surface area contributed by atoms with Crippen LogP contribution in [0.1, 0.15) is 38.8 Å². The molecule has 0 saturated carbocycles. The molecular weight excluding hydrogens is 278 g/mol. The number of sulfonamides is 1. The van der Waals surface area contributed by atoms with Crippen LogP contribution in [0.15, 0.2) is 29.2 Å². The lowest BCUT2D eigenvalue weighted by Gasteiger charge is -2.17. The van der Waals surface area contributed by atoms with Crippen molar-refractivity contribution in [1.29, 1.82) is 0 Å². The van der Waals surface area contributed by atoms with Crippen molar-refractivity contribution in [3.8, 4) is 0 Å². The van der Waals surface area contributed by atoms with E-state index in [0.717, 1.165) is 12.0 Å². The highest BCUT2D eigenvalue weighted by Crippen LogP contribution is 2.15. The van der Waals surface area contributed by atoms with Gasteiger partial charge in [0.15, 0.2) is 0 Å². The second kappa shape index (κ2) is 6.71. The van der Waals surface area contributed by atoms with Crippen molar-refractivity contribution in [3.63, 3.8) is 0 Å². The minimum absolute atomic E-state index is 0.0532. The number of carbonyl (C=O) groups is 1. The summed E-state index contributed by atoms with van der Waals surface area (Å²) in [5.74, 6) is 0. The Morgan fingerprint density at radius 1 is 1.20 bits per heavy atom. The Hall–Kier alpha value is -1.60. The molecule has 0 fully saturated rings. The van der Waals surface area contributed by atoms with Crippen LogP contribution in [0.4, 0.5) is 4.79 Å². The number of hydrogen-bond acceptors (Lipinski definition) is 3. The lowest BCUT2D eigenvalue weighted by Crippen LogP contribution is -2.41. The number of nitrogens with two attached hydrogens (primary N) is 1. The highest BCUT2D eigenvalue weighted by atomic mass is 32.2. The van der Waals surface area contributed by atoms with Gasteiger partial charge in [0.25, 0.3) is 0 Å². The highest BCUT2D eigenvalue weighted by Gasteiger charge is 2.12. The van der Waals surface area contributed by atoms with E-state index >= 15 is 0 Å². The number of carbonyl (C=O) groups excluding carboxylic acids is 1. The smallest absolute Gasteiger partial charge is 0.315 e. The first kappa shape index (κ1) is 16.5. The van der Waals surface area contributed by atoms with E-state index < -0.39 is 10.0 Å². The van der Waals surface area contributed by atoms with Crippen molar-refractivity contribution in [3.05, 3.63) is 29.8 Å². The predicted octanol–water partition coefficient (Wildman–Crippen LogP) is 1.49. The minimum atomic E-state index is -3.69. The minimum Gasteiger partial charge on any atom is -0.336 e. The van der Waals surface area contributed by atoms with E-state index in [4.69, 9.17) is 5.14 Å². The molecule has 1 rings (SSSR count). The third-order valence-corrected chi connectivity index (χ3v) is 3.98. The van der Waals surface area contributed by atoms with Crippen LogP contribution in [0.25, 0.3) is 0 Å². The fourth-order valence-electron chi connectivity index (χ4n) is 1.59. The maximum Gasteiger partial charge on any atom is 0.315 e. The third-order valence-electron chi connectivity index (χ3n) is 3.05. The summed E-state index contributed by atoms with van der Waals surface area (Å²) >= 11 is 0. The molecule has 1 aromatic carbocycles. The lowest BCUT2D eigenvalue weighted by molar-refractivity contribution is 0.234. The maximum atomic E-state index is 11.7. The summed E-state index contributed by atoms with van der Waals surface area (Å²) in [4.78, 5) is 11.7. The molecule has 4 N–H and O–H groups in total. The van der Waals surface area contributed by atoms with Crippen LogP contribution in [0.3, 0.4) is 0 Å². The Kier molecular flexibility index (Phi) is 5.52. The Labute approximate surface area is 119 Å². The van der Waals surface area contributed by atoms with E-state index in [-0.39, 0.29) is 23.0 Å². The summed E-state index contributed by atoms with van der Waals surface area (Å²) in [5.41, 5.74) is 0.803. The molecule has 0 saturated heterocycles. The maximum absolute atomic E-state index is 11.7. The van der Waals surface area contributed by atoms with Gasteiger partial charge in [0, 0.05) is 6.04 Å². The van der Waals surface area contributed by atoms with E-state index in [0.29, 0.717) is 0 Å². The van der Waals surface area contributed by atoms with Crippen LogP contribution in [0.5, 0.6) is 0 Å². The summed E-state index contributed by atoms with van der Waals surface area (Å²) in [6.07, 6.45) is 0.852. The molecule has 0 aliphatic rings. The first-order valence-electron chi connectivity index (χ1n) is 6.43. The number of nitrogens with one attached hydrogen (secondary N) is 2. The van der Waals surface area contributed by atoms with Gasteiger partial charge in [-0.1, -0.05) is 19.1 Å². The van der Waals surface area contributed by atoms with Crippen molar-refractivity contribution < 1.29 is 13.2 Å². The first-order valence-corrected chi connectivity index (χ1v) is 7.98. The van der Waals surface area contributed by atoms with Crippen LogP contribution >= 0.6 is 0 Å². The largest absolute Gasteiger partial charge is 0.336 e. The van der Waals surface area contributed by atoms with Crippen molar-refractivity contribution in [1.82, 2.24) is 10.6 Å². The molecule has 2 atom stereocenters. The average molecular weight is 299 g/mol. The normalized spacial score (nSPS) is 14.4. The topological polar surface area (TPSA) is 101 Å². The zero-order chi connectivity index (χ0) is 15.3. The molecule has 0 aliphatic heterocycles. The molecule has 0 bridgehead atoms. The van der Waals surface area contributed by atoms with Crippen LogP contribution < -0.4 is 15.8 Å². The quantitative estimate of drug-likeness (QED) is 0.767. The molecule has 1 aromatic rings. The van der Waals surface area contributed by atoms with Crippen LogP contribution in [-0.4, -0.2) is 20.5 Å². The van der Waals surface area contributed by atoms with Gasteiger partial charge in [0.2, 0.25) is 10.0 Å². The summed E-state index contributed by atoms with van der Waals surface area (Å²) in [6, 6.07) is 5.75. The lowest BCUT2D eigenvalue weighted by atomic mass is 10.1. The molecule has 0 heterocycles. The van der Waals surface area contributed by atoms with Gasteiger partial charge in [0.05, 0.1) is 10.9 Å². The number of urea groups is 1. The van der Waals surface area contributed by atoms with E-state index in [1.54, 1.807) is 12.1 Å². The van der Waals surface area contributed by atoms with E-state index in [1.165, 1.54) is 12.1 Å². The highest BCUT2D eigenvalue weighted by molar-refractivity contribution is 7.89. The molecule has 2 amide bonds. The standard InChI is InChI=1S/C13H21N3O3S/c1-4-9(2)15-13(17)16-10(3)11-5-7-12(8-6-11)20(14,18)19/h5-10H,4H2,1-3H3,(H2,14,18,19)(H2,15,16,17)/t9-,10+/m0/s1. The Balaban J connectivity index is 2.69.